The molecule has 1 fully saturated rings. The van der Waals surface area contributed by atoms with Gasteiger partial charge in [0.1, 0.15) is 22.8 Å². The second-order valence-electron chi connectivity index (χ2n) is 9.37. The number of thiophene rings is 1. The van der Waals surface area contributed by atoms with E-state index in [1.807, 2.05) is 41.8 Å². The number of hydrogen-bond acceptors (Lipinski definition) is 5. The van der Waals surface area contributed by atoms with Gasteiger partial charge in [0.2, 0.25) is 0 Å². The van der Waals surface area contributed by atoms with Crippen LogP contribution in [0.4, 0.5) is 0 Å². The van der Waals surface area contributed by atoms with Crippen LogP contribution in [0.25, 0.3) is 6.08 Å². The van der Waals surface area contributed by atoms with E-state index < -0.39 is 0 Å². The highest BCUT2D eigenvalue weighted by atomic mass is 32.1. The number of methoxy groups -OCH3 is 1. The third-order valence-electron chi connectivity index (χ3n) is 6.94. The third kappa shape index (κ3) is 5.31. The molecule has 0 radical (unpaired) electrons. The lowest BCUT2D eigenvalue weighted by atomic mass is 9.77. The molecule has 186 valence electrons. The molecule has 0 saturated heterocycles. The Morgan fingerprint density at radius 2 is 1.81 bits per heavy atom. The van der Waals surface area contributed by atoms with E-state index in [0.717, 1.165) is 41.9 Å². The van der Waals surface area contributed by atoms with Gasteiger partial charge in [0, 0.05) is 22.4 Å². The van der Waals surface area contributed by atoms with Gasteiger partial charge in [-0.25, -0.2) is 0 Å². The van der Waals surface area contributed by atoms with Crippen LogP contribution in [0.15, 0.2) is 71.7 Å². The van der Waals surface area contributed by atoms with E-state index in [1.54, 1.807) is 37.5 Å². The van der Waals surface area contributed by atoms with Gasteiger partial charge < -0.3 is 20.1 Å². The van der Waals surface area contributed by atoms with Gasteiger partial charge in [-0.15, -0.1) is 11.3 Å². The molecular formula is C29H30N2O4S. The lowest BCUT2D eigenvalue weighted by Gasteiger charge is -2.44. The molecule has 2 heterocycles. The van der Waals surface area contributed by atoms with Crippen LogP contribution >= 0.6 is 11.3 Å². The normalized spacial score (nSPS) is 18.6. The highest BCUT2D eigenvalue weighted by molar-refractivity contribution is 7.10. The van der Waals surface area contributed by atoms with Crippen LogP contribution in [0.5, 0.6) is 11.5 Å². The molecule has 2 amide bonds. The highest BCUT2D eigenvalue weighted by Crippen LogP contribution is 2.46. The Morgan fingerprint density at radius 1 is 1.03 bits per heavy atom. The number of nitrogens with one attached hydrogen (secondary N) is 2. The maximum absolute atomic E-state index is 13.6. The topological polar surface area (TPSA) is 76.7 Å². The Hall–Kier alpha value is -3.58. The quantitative estimate of drug-likeness (QED) is 0.413. The van der Waals surface area contributed by atoms with Crippen molar-refractivity contribution in [3.05, 3.63) is 87.7 Å². The zero-order valence-electron chi connectivity index (χ0n) is 20.3. The van der Waals surface area contributed by atoms with Crippen molar-refractivity contribution in [3.63, 3.8) is 0 Å². The Morgan fingerprint density at radius 3 is 2.53 bits per heavy atom. The van der Waals surface area contributed by atoms with Crippen LogP contribution in [-0.4, -0.2) is 24.5 Å². The van der Waals surface area contributed by atoms with Crippen molar-refractivity contribution in [3.8, 4) is 11.5 Å². The van der Waals surface area contributed by atoms with Crippen LogP contribution in [0.3, 0.4) is 0 Å². The number of hydrogen-bond donors (Lipinski definition) is 2. The highest BCUT2D eigenvalue weighted by Gasteiger charge is 2.42. The molecular weight excluding hydrogens is 472 g/mol. The standard InChI is InChI=1S/C29H30N2O4S/c1-34-21-13-11-20(12-14-21)27(32)30-24(18-22-8-7-17-36-22)28(33)31-25-19-29(15-5-2-6-16-29)35-26-10-4-3-9-23(25)26/h3-4,7-14,17-18,25H,2,5-6,15-16,19H2,1H3,(H,30,32)(H,31,33)/b24-18-/t25-/m1/s1. The first kappa shape index (κ1) is 24.1. The summed E-state index contributed by atoms with van der Waals surface area (Å²) in [4.78, 5) is 27.5. The van der Waals surface area contributed by atoms with Gasteiger partial charge in [-0.2, -0.15) is 0 Å². The lowest BCUT2D eigenvalue weighted by Crippen LogP contribution is -2.47. The predicted octanol–water partition coefficient (Wildman–Crippen LogP) is 5.87. The van der Waals surface area contributed by atoms with Gasteiger partial charge in [-0.3, -0.25) is 9.59 Å². The number of ether oxygens (including phenoxy) is 2. The summed E-state index contributed by atoms with van der Waals surface area (Å²) in [6, 6.07) is 18.4. The van der Waals surface area contributed by atoms with E-state index in [0.29, 0.717) is 17.7 Å². The van der Waals surface area contributed by atoms with Crippen LogP contribution < -0.4 is 20.1 Å². The molecule has 2 N–H and O–H groups in total. The number of carbonyl (C=O) groups is 2. The molecule has 3 aromatic rings. The SMILES string of the molecule is COc1ccc(C(=O)N/C(=C\c2cccs2)C(=O)N[C@@H]2CC3(CCCCC3)Oc3ccccc32)cc1. The Bertz CT molecular complexity index is 1240. The van der Waals surface area contributed by atoms with Crippen molar-refractivity contribution in [2.24, 2.45) is 0 Å². The zero-order chi connectivity index (χ0) is 25.0. The van der Waals surface area contributed by atoms with Crippen molar-refractivity contribution in [1.29, 1.82) is 0 Å². The van der Waals surface area contributed by atoms with E-state index in [-0.39, 0.29) is 29.2 Å². The Labute approximate surface area is 215 Å². The molecule has 6 nitrogen and oxygen atoms in total. The first-order valence-electron chi connectivity index (χ1n) is 12.3. The average molecular weight is 503 g/mol. The predicted molar refractivity (Wildman–Crippen MR) is 141 cm³/mol. The fraction of sp³-hybridized carbons (Fsp3) is 0.310. The summed E-state index contributed by atoms with van der Waals surface area (Å²) in [6.45, 7) is 0. The third-order valence-corrected chi connectivity index (χ3v) is 7.76. The summed E-state index contributed by atoms with van der Waals surface area (Å²) in [5.74, 6) is 0.820. The minimum Gasteiger partial charge on any atom is -0.497 e. The van der Waals surface area contributed by atoms with Gasteiger partial charge in [0.25, 0.3) is 11.8 Å². The van der Waals surface area contributed by atoms with Gasteiger partial charge >= 0.3 is 0 Å². The van der Waals surface area contributed by atoms with Crippen molar-refractivity contribution in [1.82, 2.24) is 10.6 Å². The first-order chi connectivity index (χ1) is 17.5. The zero-order valence-corrected chi connectivity index (χ0v) is 21.1. The van der Waals surface area contributed by atoms with E-state index in [4.69, 9.17) is 9.47 Å². The minimum absolute atomic E-state index is 0.204. The number of benzene rings is 2. The van der Waals surface area contributed by atoms with Gasteiger partial charge in [-0.05, 0) is 73.5 Å². The Balaban J connectivity index is 1.40. The van der Waals surface area contributed by atoms with Crippen LogP contribution in [-0.2, 0) is 4.79 Å². The molecule has 1 saturated carbocycles. The average Bonchev–Trinajstić information content (AvgIpc) is 3.42. The summed E-state index contributed by atoms with van der Waals surface area (Å²) in [5, 5.41) is 7.99. The van der Waals surface area contributed by atoms with Gasteiger partial charge in [-0.1, -0.05) is 30.7 Å². The number of rotatable bonds is 6. The molecule has 1 aliphatic carbocycles. The molecule has 7 heteroatoms. The van der Waals surface area contributed by atoms with E-state index in [9.17, 15) is 9.59 Å². The van der Waals surface area contributed by atoms with Crippen molar-refractivity contribution < 1.29 is 19.1 Å². The fourth-order valence-electron chi connectivity index (χ4n) is 5.10. The van der Waals surface area contributed by atoms with Crippen LogP contribution in [0, 0.1) is 0 Å². The molecule has 5 rings (SSSR count). The molecule has 2 aromatic carbocycles. The van der Waals surface area contributed by atoms with Crippen molar-refractivity contribution in [2.75, 3.05) is 7.11 Å². The van der Waals surface area contributed by atoms with Crippen LogP contribution in [0.1, 0.15) is 65.4 Å². The fourth-order valence-corrected chi connectivity index (χ4v) is 5.75. The number of carbonyl (C=O) groups excluding carboxylic acids is 2. The smallest absolute Gasteiger partial charge is 0.268 e. The summed E-state index contributed by atoms with van der Waals surface area (Å²) in [5.41, 5.74) is 1.37. The number of amides is 2. The molecule has 1 atom stereocenters. The summed E-state index contributed by atoms with van der Waals surface area (Å²) in [6.07, 6.45) is 7.89. The Kier molecular flexibility index (Phi) is 7.09. The summed E-state index contributed by atoms with van der Waals surface area (Å²) < 4.78 is 11.7. The van der Waals surface area contributed by atoms with Crippen LogP contribution in [0.2, 0.25) is 0 Å². The van der Waals surface area contributed by atoms with E-state index in [1.165, 1.54) is 17.8 Å². The summed E-state index contributed by atoms with van der Waals surface area (Å²) >= 11 is 1.50. The minimum atomic E-state index is -0.355. The molecule has 2 aliphatic rings. The first-order valence-corrected chi connectivity index (χ1v) is 13.2. The van der Waals surface area contributed by atoms with Crippen molar-refractivity contribution >= 4 is 29.2 Å². The molecule has 0 unspecified atom stereocenters. The van der Waals surface area contributed by atoms with E-state index >= 15 is 0 Å². The van der Waals surface area contributed by atoms with Crippen molar-refractivity contribution in [2.45, 2.75) is 50.2 Å². The molecule has 0 bridgehead atoms. The summed E-state index contributed by atoms with van der Waals surface area (Å²) in [7, 11) is 1.58. The van der Waals surface area contributed by atoms with Gasteiger partial charge in [0.05, 0.1) is 13.2 Å². The van der Waals surface area contributed by atoms with Gasteiger partial charge in [0.15, 0.2) is 0 Å². The number of fused-ring (bicyclic) bond motifs is 1. The second-order valence-corrected chi connectivity index (χ2v) is 10.3. The second kappa shape index (κ2) is 10.6. The monoisotopic (exact) mass is 502 g/mol. The molecule has 1 aliphatic heterocycles. The number of para-hydroxylation sites is 1. The molecule has 1 aromatic heterocycles. The lowest BCUT2D eigenvalue weighted by molar-refractivity contribution is -0.119. The molecule has 36 heavy (non-hydrogen) atoms. The maximum atomic E-state index is 13.6. The largest absolute Gasteiger partial charge is 0.497 e. The van der Waals surface area contributed by atoms with E-state index in [2.05, 4.69) is 10.6 Å². The molecule has 1 spiro atoms. The maximum Gasteiger partial charge on any atom is 0.268 e.